The Morgan fingerprint density at radius 1 is 1.40 bits per heavy atom. The molecule has 2 aromatic rings. The van der Waals surface area contributed by atoms with E-state index in [1.165, 1.54) is 0 Å². The predicted octanol–water partition coefficient (Wildman–Crippen LogP) is 1.96. The third-order valence-electron chi connectivity index (χ3n) is 2.19. The fraction of sp³-hybridized carbons (Fsp3) is 0.500. The molecule has 0 aliphatic rings. The van der Waals surface area contributed by atoms with E-state index in [1.54, 1.807) is 6.33 Å². The Labute approximate surface area is 88.2 Å². The van der Waals surface area contributed by atoms with E-state index < -0.39 is 0 Å². The minimum Gasteiger partial charge on any atom is -0.437 e. The Kier molecular flexibility index (Phi) is 2.53. The molecule has 80 valence electrons. The maximum Gasteiger partial charge on any atom is 0.201 e. The summed E-state index contributed by atoms with van der Waals surface area (Å²) in [6.07, 6.45) is 2.76. The molecule has 2 rings (SSSR count). The predicted molar refractivity (Wildman–Crippen MR) is 55.3 cm³/mol. The lowest BCUT2D eigenvalue weighted by Crippen LogP contribution is -1.98. The molecule has 0 spiro atoms. The topological polar surface area (TPSA) is 56.7 Å². The van der Waals surface area contributed by atoms with Gasteiger partial charge >= 0.3 is 0 Å². The number of hydrogen-bond donors (Lipinski definition) is 0. The summed E-state index contributed by atoms with van der Waals surface area (Å²) in [6, 6.07) is 0. The molecule has 0 radical (unpaired) electrons. The molecule has 0 amide bonds. The third kappa shape index (κ3) is 1.77. The van der Waals surface area contributed by atoms with Crippen molar-refractivity contribution in [2.45, 2.75) is 33.7 Å². The number of nitrogens with zero attached hydrogens (tertiary/aromatic N) is 4. The normalized spacial score (nSPS) is 10.9. The number of rotatable bonds is 3. The van der Waals surface area contributed by atoms with E-state index in [-0.39, 0.29) is 0 Å². The van der Waals surface area contributed by atoms with Gasteiger partial charge in [-0.05, 0) is 13.3 Å². The van der Waals surface area contributed by atoms with Gasteiger partial charge in [-0.3, -0.25) is 0 Å². The van der Waals surface area contributed by atoms with Gasteiger partial charge in [0.15, 0.2) is 11.7 Å². The van der Waals surface area contributed by atoms with Gasteiger partial charge in [0.25, 0.3) is 0 Å². The van der Waals surface area contributed by atoms with Gasteiger partial charge < -0.3 is 8.98 Å². The molecule has 0 saturated heterocycles. The molecule has 5 heteroatoms. The first-order valence-corrected chi connectivity index (χ1v) is 5.04. The van der Waals surface area contributed by atoms with E-state index in [0.717, 1.165) is 30.2 Å². The minimum atomic E-state index is 0.661. The molecule has 0 fully saturated rings. The quantitative estimate of drug-likeness (QED) is 0.770. The lowest BCUT2D eigenvalue weighted by Gasteiger charge is -2.01. The molecule has 2 heterocycles. The molecular weight excluding hydrogens is 192 g/mol. The van der Waals surface area contributed by atoms with E-state index >= 15 is 0 Å². The molecule has 0 saturated carbocycles. The number of oxazole rings is 1. The molecule has 0 atom stereocenters. The van der Waals surface area contributed by atoms with Crippen LogP contribution in [-0.4, -0.2) is 19.7 Å². The highest BCUT2D eigenvalue weighted by Gasteiger charge is 2.15. The van der Waals surface area contributed by atoms with Crippen LogP contribution in [0.25, 0.3) is 11.6 Å². The molecular formula is C10H14N4O. The second kappa shape index (κ2) is 3.84. The van der Waals surface area contributed by atoms with Crippen LogP contribution in [0.5, 0.6) is 0 Å². The molecule has 0 bridgehead atoms. The van der Waals surface area contributed by atoms with Gasteiger partial charge in [-0.25, -0.2) is 4.98 Å². The Balaban J connectivity index is 2.44. The van der Waals surface area contributed by atoms with Crippen molar-refractivity contribution in [1.29, 1.82) is 0 Å². The number of hydrogen-bond acceptors (Lipinski definition) is 4. The lowest BCUT2D eigenvalue weighted by atomic mass is 10.3. The van der Waals surface area contributed by atoms with Gasteiger partial charge in [-0.15, -0.1) is 10.2 Å². The first-order valence-electron chi connectivity index (χ1n) is 5.04. The van der Waals surface area contributed by atoms with Crippen LogP contribution < -0.4 is 0 Å². The van der Waals surface area contributed by atoms with Gasteiger partial charge in [0.2, 0.25) is 5.82 Å². The van der Waals surface area contributed by atoms with Crippen LogP contribution in [0.15, 0.2) is 10.7 Å². The summed E-state index contributed by atoms with van der Waals surface area (Å²) in [5, 5.41) is 7.95. The zero-order valence-corrected chi connectivity index (χ0v) is 9.19. The summed E-state index contributed by atoms with van der Waals surface area (Å²) in [5.74, 6) is 2.14. The van der Waals surface area contributed by atoms with E-state index in [9.17, 15) is 0 Å². The molecule has 2 aromatic heterocycles. The molecule has 15 heavy (non-hydrogen) atoms. The maximum absolute atomic E-state index is 5.51. The third-order valence-corrected chi connectivity index (χ3v) is 2.19. The van der Waals surface area contributed by atoms with E-state index in [0.29, 0.717) is 5.89 Å². The van der Waals surface area contributed by atoms with Gasteiger partial charge in [-0.1, -0.05) is 6.92 Å². The van der Waals surface area contributed by atoms with Gasteiger partial charge in [0.05, 0.1) is 5.69 Å². The van der Waals surface area contributed by atoms with Crippen molar-refractivity contribution in [3.8, 4) is 11.6 Å². The van der Waals surface area contributed by atoms with Crippen molar-refractivity contribution in [3.05, 3.63) is 17.9 Å². The highest BCUT2D eigenvalue weighted by Crippen LogP contribution is 2.22. The van der Waals surface area contributed by atoms with Crippen LogP contribution in [0.2, 0.25) is 0 Å². The molecule has 0 unspecified atom stereocenters. The zero-order chi connectivity index (χ0) is 10.8. The molecule has 0 N–H and O–H groups in total. The van der Waals surface area contributed by atoms with Crippen molar-refractivity contribution >= 4 is 0 Å². The average Bonchev–Trinajstić information content (AvgIpc) is 2.73. The Hall–Kier alpha value is -1.65. The van der Waals surface area contributed by atoms with Gasteiger partial charge in [-0.2, -0.15) is 0 Å². The summed E-state index contributed by atoms with van der Waals surface area (Å²) in [5.41, 5.74) is 0.859. The first kappa shape index (κ1) is 9.89. The van der Waals surface area contributed by atoms with Crippen LogP contribution >= 0.6 is 0 Å². The Morgan fingerprint density at radius 2 is 2.20 bits per heavy atom. The molecule has 0 aliphatic heterocycles. The first-order chi connectivity index (χ1) is 7.22. The fourth-order valence-electron chi connectivity index (χ4n) is 1.57. The number of aromatic nitrogens is 4. The number of aryl methyl sites for hydroxylation is 3. The summed E-state index contributed by atoms with van der Waals surface area (Å²) < 4.78 is 7.49. The smallest absolute Gasteiger partial charge is 0.201 e. The SMILES string of the molecule is CCCn1cnnc1-c1oc(C)nc1C. The summed E-state index contributed by atoms with van der Waals surface area (Å²) in [7, 11) is 0. The summed E-state index contributed by atoms with van der Waals surface area (Å²) in [4.78, 5) is 4.22. The van der Waals surface area contributed by atoms with Crippen LogP contribution in [0.1, 0.15) is 24.9 Å². The fourth-order valence-corrected chi connectivity index (χ4v) is 1.57. The van der Waals surface area contributed by atoms with Crippen molar-refractivity contribution in [3.63, 3.8) is 0 Å². The standard InChI is InChI=1S/C10H14N4O/c1-4-5-14-6-11-13-10(14)9-7(2)12-8(3)15-9/h6H,4-5H2,1-3H3. The van der Waals surface area contributed by atoms with Crippen LogP contribution in [0.4, 0.5) is 0 Å². The van der Waals surface area contributed by atoms with E-state index in [4.69, 9.17) is 4.42 Å². The second-order valence-corrected chi connectivity index (χ2v) is 3.50. The van der Waals surface area contributed by atoms with Crippen LogP contribution in [0.3, 0.4) is 0 Å². The Morgan fingerprint density at radius 3 is 2.80 bits per heavy atom. The van der Waals surface area contributed by atoms with Crippen LogP contribution in [-0.2, 0) is 6.54 Å². The van der Waals surface area contributed by atoms with Gasteiger partial charge in [0, 0.05) is 13.5 Å². The van der Waals surface area contributed by atoms with E-state index in [1.807, 2.05) is 18.4 Å². The van der Waals surface area contributed by atoms with Crippen molar-refractivity contribution in [2.75, 3.05) is 0 Å². The highest BCUT2D eigenvalue weighted by molar-refractivity contribution is 5.49. The Bertz CT molecular complexity index is 458. The second-order valence-electron chi connectivity index (χ2n) is 3.50. The largest absolute Gasteiger partial charge is 0.437 e. The van der Waals surface area contributed by atoms with Crippen molar-refractivity contribution in [1.82, 2.24) is 19.7 Å². The highest BCUT2D eigenvalue weighted by atomic mass is 16.4. The summed E-state index contributed by atoms with van der Waals surface area (Å²) >= 11 is 0. The van der Waals surface area contributed by atoms with Crippen molar-refractivity contribution in [2.24, 2.45) is 0 Å². The lowest BCUT2D eigenvalue weighted by molar-refractivity contribution is 0.524. The van der Waals surface area contributed by atoms with E-state index in [2.05, 4.69) is 22.1 Å². The van der Waals surface area contributed by atoms with Crippen molar-refractivity contribution < 1.29 is 4.42 Å². The molecule has 0 aromatic carbocycles. The van der Waals surface area contributed by atoms with Gasteiger partial charge in [0.1, 0.15) is 6.33 Å². The van der Waals surface area contributed by atoms with Crippen LogP contribution in [0, 0.1) is 13.8 Å². The monoisotopic (exact) mass is 206 g/mol. The maximum atomic E-state index is 5.51. The summed E-state index contributed by atoms with van der Waals surface area (Å²) in [6.45, 7) is 6.75. The molecule has 5 nitrogen and oxygen atoms in total. The molecule has 0 aliphatic carbocycles. The minimum absolute atomic E-state index is 0.661. The average molecular weight is 206 g/mol. The zero-order valence-electron chi connectivity index (χ0n) is 9.19.